The average molecular weight is 417 g/mol. The first-order chi connectivity index (χ1) is 14.6. The number of aromatic nitrogens is 4. The van der Waals surface area contributed by atoms with Gasteiger partial charge in [0.25, 0.3) is 0 Å². The Kier molecular flexibility index (Phi) is 5.90. The SMILES string of the molecule is COc1ccc(-c2cnc(Oc3ccc(Sc4nc(C)cc(C)n4)cc3)nc2)cc1. The van der Waals surface area contributed by atoms with Gasteiger partial charge in [0.05, 0.1) is 7.11 Å². The lowest BCUT2D eigenvalue weighted by Crippen LogP contribution is -1.93. The summed E-state index contributed by atoms with van der Waals surface area (Å²) in [4.78, 5) is 18.6. The fourth-order valence-corrected chi connectivity index (χ4v) is 3.69. The first-order valence-electron chi connectivity index (χ1n) is 9.33. The highest BCUT2D eigenvalue weighted by atomic mass is 32.2. The van der Waals surface area contributed by atoms with Crippen molar-refractivity contribution in [3.05, 3.63) is 78.4 Å². The molecule has 0 fully saturated rings. The van der Waals surface area contributed by atoms with Gasteiger partial charge in [-0.1, -0.05) is 12.1 Å². The third-order valence-corrected chi connectivity index (χ3v) is 5.13. The fraction of sp³-hybridized carbons (Fsp3) is 0.130. The summed E-state index contributed by atoms with van der Waals surface area (Å²) in [5.41, 5.74) is 3.84. The molecule has 0 unspecified atom stereocenters. The van der Waals surface area contributed by atoms with E-state index in [0.717, 1.165) is 38.3 Å². The molecule has 0 spiro atoms. The van der Waals surface area contributed by atoms with Crippen LogP contribution in [0.2, 0.25) is 0 Å². The summed E-state index contributed by atoms with van der Waals surface area (Å²) in [5, 5.41) is 0.735. The van der Waals surface area contributed by atoms with Gasteiger partial charge in [0, 0.05) is 34.2 Å². The van der Waals surface area contributed by atoms with Crippen LogP contribution in [-0.2, 0) is 0 Å². The van der Waals surface area contributed by atoms with Gasteiger partial charge in [-0.25, -0.2) is 19.9 Å². The van der Waals surface area contributed by atoms with Crippen LogP contribution in [0, 0.1) is 13.8 Å². The van der Waals surface area contributed by atoms with Crippen LogP contribution < -0.4 is 9.47 Å². The van der Waals surface area contributed by atoms with E-state index in [-0.39, 0.29) is 0 Å². The molecule has 7 heteroatoms. The van der Waals surface area contributed by atoms with Crippen molar-refractivity contribution in [2.24, 2.45) is 0 Å². The predicted molar refractivity (Wildman–Crippen MR) is 116 cm³/mol. The number of ether oxygens (including phenoxy) is 2. The van der Waals surface area contributed by atoms with Gasteiger partial charge < -0.3 is 9.47 Å². The van der Waals surface area contributed by atoms with Gasteiger partial charge in [0.15, 0.2) is 5.16 Å². The van der Waals surface area contributed by atoms with E-state index in [4.69, 9.17) is 9.47 Å². The minimum Gasteiger partial charge on any atom is -0.497 e. The van der Waals surface area contributed by atoms with Gasteiger partial charge >= 0.3 is 6.01 Å². The molecular weight excluding hydrogens is 396 g/mol. The maximum absolute atomic E-state index is 5.77. The van der Waals surface area contributed by atoms with Crippen molar-refractivity contribution in [1.29, 1.82) is 0 Å². The lowest BCUT2D eigenvalue weighted by Gasteiger charge is -2.07. The maximum Gasteiger partial charge on any atom is 0.321 e. The number of benzene rings is 2. The van der Waals surface area contributed by atoms with Crippen molar-refractivity contribution in [2.75, 3.05) is 7.11 Å². The largest absolute Gasteiger partial charge is 0.497 e. The Morgan fingerprint density at radius 1 is 0.733 bits per heavy atom. The summed E-state index contributed by atoms with van der Waals surface area (Å²) in [5.74, 6) is 1.48. The summed E-state index contributed by atoms with van der Waals surface area (Å²) in [6, 6.07) is 17.7. The normalized spacial score (nSPS) is 10.6. The van der Waals surface area contributed by atoms with E-state index in [0.29, 0.717) is 11.8 Å². The minimum atomic E-state index is 0.297. The molecule has 0 aliphatic heterocycles. The topological polar surface area (TPSA) is 70.0 Å². The summed E-state index contributed by atoms with van der Waals surface area (Å²) in [6.45, 7) is 3.94. The molecule has 4 aromatic rings. The second kappa shape index (κ2) is 8.92. The zero-order valence-corrected chi connectivity index (χ0v) is 17.7. The fourth-order valence-electron chi connectivity index (χ4n) is 2.83. The van der Waals surface area contributed by atoms with E-state index in [1.807, 2.05) is 68.4 Å². The van der Waals surface area contributed by atoms with Crippen molar-refractivity contribution in [1.82, 2.24) is 19.9 Å². The second-order valence-corrected chi connectivity index (χ2v) is 7.63. The molecule has 150 valence electrons. The third kappa shape index (κ3) is 4.93. The molecule has 0 atom stereocenters. The lowest BCUT2D eigenvalue weighted by molar-refractivity contribution is 0.415. The molecule has 0 saturated carbocycles. The molecule has 0 amide bonds. The molecule has 6 nitrogen and oxygen atoms in total. The maximum atomic E-state index is 5.77. The molecule has 0 radical (unpaired) electrons. The van der Waals surface area contributed by atoms with E-state index >= 15 is 0 Å². The molecule has 2 heterocycles. The van der Waals surface area contributed by atoms with E-state index in [1.54, 1.807) is 19.5 Å². The Morgan fingerprint density at radius 3 is 1.93 bits per heavy atom. The highest BCUT2D eigenvalue weighted by Gasteiger charge is 2.06. The highest BCUT2D eigenvalue weighted by Crippen LogP contribution is 2.28. The van der Waals surface area contributed by atoms with Crippen LogP contribution in [-0.4, -0.2) is 27.0 Å². The van der Waals surface area contributed by atoms with Gasteiger partial charge in [-0.2, -0.15) is 0 Å². The van der Waals surface area contributed by atoms with Crippen molar-refractivity contribution in [2.45, 2.75) is 23.9 Å². The van der Waals surface area contributed by atoms with Crippen LogP contribution in [0.25, 0.3) is 11.1 Å². The Balaban J connectivity index is 1.41. The molecule has 0 N–H and O–H groups in total. The van der Waals surface area contributed by atoms with Gasteiger partial charge in [0.1, 0.15) is 11.5 Å². The third-order valence-electron chi connectivity index (χ3n) is 4.26. The van der Waals surface area contributed by atoms with Crippen molar-refractivity contribution < 1.29 is 9.47 Å². The molecule has 2 aromatic heterocycles. The molecule has 2 aromatic carbocycles. The molecular formula is C23H20N4O2S. The average Bonchev–Trinajstić information content (AvgIpc) is 2.75. The summed E-state index contributed by atoms with van der Waals surface area (Å²) >= 11 is 1.52. The number of hydrogen-bond donors (Lipinski definition) is 0. The number of nitrogens with zero attached hydrogens (tertiary/aromatic N) is 4. The van der Waals surface area contributed by atoms with Crippen molar-refractivity contribution in [3.8, 4) is 28.6 Å². The lowest BCUT2D eigenvalue weighted by atomic mass is 10.1. The van der Waals surface area contributed by atoms with E-state index in [1.165, 1.54) is 11.8 Å². The Bertz CT molecular complexity index is 1110. The monoisotopic (exact) mass is 416 g/mol. The molecule has 0 aliphatic carbocycles. The Hall–Kier alpha value is -3.45. The van der Waals surface area contributed by atoms with Gasteiger partial charge in [-0.15, -0.1) is 0 Å². The van der Waals surface area contributed by atoms with Crippen LogP contribution in [0.3, 0.4) is 0 Å². The molecule has 0 saturated heterocycles. The summed E-state index contributed by atoms with van der Waals surface area (Å²) in [7, 11) is 1.65. The molecule has 0 bridgehead atoms. The molecule has 4 rings (SSSR count). The van der Waals surface area contributed by atoms with E-state index < -0.39 is 0 Å². The van der Waals surface area contributed by atoms with Crippen molar-refractivity contribution >= 4 is 11.8 Å². The summed E-state index contributed by atoms with van der Waals surface area (Å²) in [6.07, 6.45) is 3.48. The van der Waals surface area contributed by atoms with Crippen LogP contribution >= 0.6 is 11.8 Å². The highest BCUT2D eigenvalue weighted by molar-refractivity contribution is 7.99. The minimum absolute atomic E-state index is 0.297. The van der Waals surface area contributed by atoms with E-state index in [9.17, 15) is 0 Å². The zero-order chi connectivity index (χ0) is 20.9. The van der Waals surface area contributed by atoms with Crippen LogP contribution in [0.1, 0.15) is 11.4 Å². The first kappa shape index (κ1) is 19.8. The number of rotatable bonds is 6. The second-order valence-electron chi connectivity index (χ2n) is 6.59. The Labute approximate surface area is 179 Å². The van der Waals surface area contributed by atoms with Crippen LogP contribution in [0.4, 0.5) is 0 Å². The van der Waals surface area contributed by atoms with Crippen LogP contribution in [0.15, 0.2) is 77.0 Å². The van der Waals surface area contributed by atoms with E-state index in [2.05, 4.69) is 19.9 Å². The molecule has 0 aliphatic rings. The predicted octanol–water partition coefficient (Wildman–Crippen LogP) is 5.50. The smallest absolute Gasteiger partial charge is 0.321 e. The van der Waals surface area contributed by atoms with Crippen molar-refractivity contribution in [3.63, 3.8) is 0 Å². The Morgan fingerprint density at radius 2 is 1.33 bits per heavy atom. The van der Waals surface area contributed by atoms with Gasteiger partial charge in [0.2, 0.25) is 0 Å². The number of aryl methyl sites for hydroxylation is 2. The van der Waals surface area contributed by atoms with Gasteiger partial charge in [-0.05, 0) is 73.6 Å². The quantitative estimate of drug-likeness (QED) is 0.384. The van der Waals surface area contributed by atoms with Crippen LogP contribution in [0.5, 0.6) is 17.5 Å². The zero-order valence-electron chi connectivity index (χ0n) is 16.9. The standard InChI is InChI=1S/C23H20N4O2S/c1-15-12-16(2)27-23(26-15)30-21-10-8-20(9-11-21)29-22-24-13-18(14-25-22)17-4-6-19(28-3)7-5-17/h4-14H,1-3H3. The number of methoxy groups -OCH3 is 1. The first-order valence-corrected chi connectivity index (χ1v) is 10.2. The van der Waals surface area contributed by atoms with Gasteiger partial charge in [-0.3, -0.25) is 0 Å². The number of hydrogen-bond acceptors (Lipinski definition) is 7. The molecule has 30 heavy (non-hydrogen) atoms. The summed E-state index contributed by atoms with van der Waals surface area (Å²) < 4.78 is 10.9.